The van der Waals surface area contributed by atoms with Crippen molar-refractivity contribution in [3.63, 3.8) is 0 Å². The summed E-state index contributed by atoms with van der Waals surface area (Å²) in [7, 11) is 1.27. The second kappa shape index (κ2) is 5.70. The van der Waals surface area contributed by atoms with E-state index in [0.717, 1.165) is 15.5 Å². The SMILES string of the molecule is CO[C@H](CO)[C@@H](O)[C@@H](O)n1cnc2c(=O)n3c(nc21)NC(=O)C3. The molecule has 0 fully saturated rings. The van der Waals surface area contributed by atoms with Gasteiger partial charge in [-0.2, -0.15) is 4.98 Å². The molecule has 23 heavy (non-hydrogen) atoms. The molecule has 3 heterocycles. The van der Waals surface area contributed by atoms with E-state index in [1.54, 1.807) is 0 Å². The van der Waals surface area contributed by atoms with E-state index in [1.165, 1.54) is 7.11 Å². The lowest BCUT2D eigenvalue weighted by Gasteiger charge is -2.25. The Morgan fingerprint density at radius 2 is 2.17 bits per heavy atom. The van der Waals surface area contributed by atoms with Gasteiger partial charge >= 0.3 is 0 Å². The Balaban J connectivity index is 2.06. The van der Waals surface area contributed by atoms with Gasteiger partial charge in [-0.05, 0) is 0 Å². The molecule has 11 nitrogen and oxygen atoms in total. The number of anilines is 1. The fourth-order valence-electron chi connectivity index (χ4n) is 2.42. The lowest BCUT2D eigenvalue weighted by atomic mass is 10.2. The van der Waals surface area contributed by atoms with E-state index in [4.69, 9.17) is 9.84 Å². The zero-order chi connectivity index (χ0) is 16.7. The van der Waals surface area contributed by atoms with Crippen molar-refractivity contribution in [1.82, 2.24) is 19.1 Å². The minimum atomic E-state index is -1.55. The van der Waals surface area contributed by atoms with Gasteiger partial charge in [-0.1, -0.05) is 0 Å². The second-order valence-electron chi connectivity index (χ2n) is 5.06. The number of carbonyl (C=O) groups excluding carboxylic acids is 1. The maximum absolute atomic E-state index is 12.3. The van der Waals surface area contributed by atoms with Crippen LogP contribution in [0.1, 0.15) is 6.23 Å². The number of aromatic nitrogens is 4. The summed E-state index contributed by atoms with van der Waals surface area (Å²) in [6, 6.07) is 0. The summed E-state index contributed by atoms with van der Waals surface area (Å²) < 4.78 is 7.08. The standard InChI is InChI=1S/C12H15N5O6/c1-23-5(3-18)8(20)11(22)17-4-13-7-9(17)15-12-14-6(19)2-16(12)10(7)21/h4-5,8,11,18,20,22H,2-3H2,1H3,(H,14,15,19)/t5-,8-,11-/m1/s1. The number of imidazole rings is 1. The zero-order valence-electron chi connectivity index (χ0n) is 12.1. The molecule has 0 saturated heterocycles. The van der Waals surface area contributed by atoms with E-state index in [-0.39, 0.29) is 29.6 Å². The first-order chi connectivity index (χ1) is 11.0. The van der Waals surface area contributed by atoms with Crippen LogP contribution in [0.5, 0.6) is 0 Å². The highest BCUT2D eigenvalue weighted by molar-refractivity contribution is 5.93. The van der Waals surface area contributed by atoms with Crippen molar-refractivity contribution in [2.24, 2.45) is 0 Å². The number of hydrogen-bond acceptors (Lipinski definition) is 8. The molecule has 3 atom stereocenters. The molecular formula is C12H15N5O6. The zero-order valence-corrected chi connectivity index (χ0v) is 12.1. The summed E-state index contributed by atoms with van der Waals surface area (Å²) >= 11 is 0. The maximum Gasteiger partial charge on any atom is 0.283 e. The van der Waals surface area contributed by atoms with Crippen molar-refractivity contribution >= 4 is 23.0 Å². The smallest absolute Gasteiger partial charge is 0.283 e. The van der Waals surface area contributed by atoms with Crippen molar-refractivity contribution in [2.45, 2.75) is 25.0 Å². The Hall–Kier alpha value is -2.34. The van der Waals surface area contributed by atoms with Crippen LogP contribution in [0, 0.1) is 0 Å². The third kappa shape index (κ3) is 2.39. The number of nitrogens with one attached hydrogen (secondary N) is 1. The number of rotatable bonds is 5. The number of methoxy groups -OCH3 is 1. The molecule has 0 aromatic carbocycles. The highest BCUT2D eigenvalue weighted by Gasteiger charge is 2.30. The van der Waals surface area contributed by atoms with Gasteiger partial charge in [0.15, 0.2) is 17.4 Å². The molecule has 0 spiro atoms. The van der Waals surface area contributed by atoms with Gasteiger partial charge in [0.05, 0.1) is 12.9 Å². The lowest BCUT2D eigenvalue weighted by Crippen LogP contribution is -2.38. The second-order valence-corrected chi connectivity index (χ2v) is 5.06. The van der Waals surface area contributed by atoms with Gasteiger partial charge in [0, 0.05) is 7.11 Å². The first-order valence-corrected chi connectivity index (χ1v) is 6.75. The molecule has 124 valence electrons. The van der Waals surface area contributed by atoms with E-state index < -0.39 is 30.6 Å². The average molecular weight is 325 g/mol. The summed E-state index contributed by atoms with van der Waals surface area (Å²) in [5.41, 5.74) is -0.577. The average Bonchev–Trinajstić information content (AvgIpc) is 3.11. The third-order valence-corrected chi connectivity index (χ3v) is 3.69. The Labute approximate surface area is 128 Å². The summed E-state index contributed by atoms with van der Waals surface area (Å²) in [6.07, 6.45) is -2.91. The molecule has 4 N–H and O–H groups in total. The molecule has 0 saturated carbocycles. The molecule has 1 aliphatic heterocycles. The number of fused-ring (bicyclic) bond motifs is 2. The van der Waals surface area contributed by atoms with Gasteiger partial charge in [0.1, 0.15) is 18.8 Å². The van der Waals surface area contributed by atoms with Gasteiger partial charge < -0.3 is 20.1 Å². The molecule has 0 unspecified atom stereocenters. The van der Waals surface area contributed by atoms with E-state index >= 15 is 0 Å². The Bertz CT molecular complexity index is 810. The Morgan fingerprint density at radius 3 is 2.83 bits per heavy atom. The van der Waals surface area contributed by atoms with Gasteiger partial charge in [-0.3, -0.25) is 24.0 Å². The number of aliphatic hydroxyl groups excluding tert-OH is 3. The number of hydrogen-bond donors (Lipinski definition) is 4. The predicted octanol–water partition coefficient (Wildman–Crippen LogP) is -2.60. The number of nitrogens with zero attached hydrogens (tertiary/aromatic N) is 4. The van der Waals surface area contributed by atoms with Gasteiger partial charge in [0.2, 0.25) is 11.9 Å². The molecule has 3 rings (SSSR count). The van der Waals surface area contributed by atoms with Gasteiger partial charge in [-0.25, -0.2) is 4.98 Å². The Kier molecular flexibility index (Phi) is 3.85. The molecule has 2 aromatic rings. The van der Waals surface area contributed by atoms with E-state index in [0.29, 0.717) is 0 Å². The van der Waals surface area contributed by atoms with Crippen molar-refractivity contribution in [2.75, 3.05) is 19.0 Å². The number of amides is 1. The topological polar surface area (TPSA) is 152 Å². The quantitative estimate of drug-likeness (QED) is 0.467. The number of aliphatic hydroxyl groups is 3. The minimum Gasteiger partial charge on any atom is -0.394 e. The van der Waals surface area contributed by atoms with E-state index in [2.05, 4.69) is 15.3 Å². The molecule has 1 aliphatic rings. The fourth-order valence-corrected chi connectivity index (χ4v) is 2.42. The predicted molar refractivity (Wildman–Crippen MR) is 75.6 cm³/mol. The Morgan fingerprint density at radius 1 is 1.43 bits per heavy atom. The highest BCUT2D eigenvalue weighted by Crippen LogP contribution is 2.20. The summed E-state index contributed by atoms with van der Waals surface area (Å²) in [4.78, 5) is 31.6. The molecular weight excluding hydrogens is 310 g/mol. The molecule has 0 bridgehead atoms. The van der Waals surface area contributed by atoms with E-state index in [9.17, 15) is 19.8 Å². The van der Waals surface area contributed by atoms with Crippen LogP contribution < -0.4 is 10.9 Å². The van der Waals surface area contributed by atoms with Crippen LogP contribution in [0.25, 0.3) is 11.2 Å². The largest absolute Gasteiger partial charge is 0.394 e. The summed E-state index contributed by atoms with van der Waals surface area (Å²) in [5, 5.41) is 31.8. The van der Waals surface area contributed by atoms with Crippen LogP contribution in [-0.2, 0) is 16.1 Å². The van der Waals surface area contributed by atoms with Crippen molar-refractivity contribution in [3.05, 3.63) is 16.7 Å². The van der Waals surface area contributed by atoms with Crippen LogP contribution in [0.3, 0.4) is 0 Å². The van der Waals surface area contributed by atoms with Crippen LogP contribution >= 0.6 is 0 Å². The molecule has 11 heteroatoms. The molecule has 0 radical (unpaired) electrons. The molecule has 2 aromatic heterocycles. The molecule has 0 aliphatic carbocycles. The van der Waals surface area contributed by atoms with Crippen LogP contribution in [0.4, 0.5) is 5.95 Å². The normalized spacial score (nSPS) is 17.8. The highest BCUT2D eigenvalue weighted by atomic mass is 16.5. The minimum absolute atomic E-state index is 0.00259. The first kappa shape index (κ1) is 15.6. The maximum atomic E-state index is 12.3. The first-order valence-electron chi connectivity index (χ1n) is 6.75. The van der Waals surface area contributed by atoms with Crippen molar-refractivity contribution < 1.29 is 24.9 Å². The van der Waals surface area contributed by atoms with Gasteiger partial charge in [0.25, 0.3) is 5.56 Å². The summed E-state index contributed by atoms with van der Waals surface area (Å²) in [5.74, 6) is -0.337. The number of carbonyl (C=O) groups is 1. The third-order valence-electron chi connectivity index (χ3n) is 3.69. The summed E-state index contributed by atoms with van der Waals surface area (Å²) in [6.45, 7) is -0.658. The fraction of sp³-hybridized carbons (Fsp3) is 0.500. The van der Waals surface area contributed by atoms with Crippen LogP contribution in [0.2, 0.25) is 0 Å². The van der Waals surface area contributed by atoms with Crippen molar-refractivity contribution in [3.8, 4) is 0 Å². The monoisotopic (exact) mass is 325 g/mol. The van der Waals surface area contributed by atoms with E-state index in [1.807, 2.05) is 0 Å². The van der Waals surface area contributed by atoms with Crippen molar-refractivity contribution in [1.29, 1.82) is 0 Å². The van der Waals surface area contributed by atoms with Crippen LogP contribution in [-0.4, -0.2) is 66.3 Å². The molecule has 1 amide bonds. The number of ether oxygens (including phenoxy) is 1. The van der Waals surface area contributed by atoms with Crippen LogP contribution in [0.15, 0.2) is 11.1 Å². The van der Waals surface area contributed by atoms with Gasteiger partial charge in [-0.15, -0.1) is 0 Å². The lowest BCUT2D eigenvalue weighted by molar-refractivity contribution is -0.116.